The number of nitrogens with two attached hydrogens (primary N) is 1. The van der Waals surface area contributed by atoms with Crippen LogP contribution in [0, 0.1) is 0 Å². The Morgan fingerprint density at radius 3 is 2.47 bits per heavy atom. The first-order valence-electron chi connectivity index (χ1n) is 4.96. The second kappa shape index (κ2) is 5.16. The van der Waals surface area contributed by atoms with Crippen LogP contribution in [0.5, 0.6) is 0 Å². The third-order valence-electron chi connectivity index (χ3n) is 2.28. The predicted octanol–water partition coefficient (Wildman–Crippen LogP) is 2.12. The molecule has 0 spiro atoms. The van der Waals surface area contributed by atoms with Crippen LogP contribution in [0.1, 0.15) is 11.4 Å². The molecule has 2 aromatic heterocycles. The number of nitrogens with zero attached hydrogens (tertiary/aromatic N) is 3. The van der Waals surface area contributed by atoms with E-state index in [4.69, 9.17) is 17.3 Å². The number of hydrogen-bond acceptors (Lipinski definition) is 4. The highest BCUT2D eigenvalue weighted by Crippen LogP contribution is 2.21. The third kappa shape index (κ3) is 2.57. The molecule has 0 aliphatic rings. The van der Waals surface area contributed by atoms with Crippen LogP contribution in [0.3, 0.4) is 0 Å². The molecule has 0 atom stereocenters. The predicted molar refractivity (Wildman–Crippen MR) is 63.0 cm³/mol. The van der Waals surface area contributed by atoms with Gasteiger partial charge in [0.15, 0.2) is 5.82 Å². The van der Waals surface area contributed by atoms with Gasteiger partial charge in [-0.25, -0.2) is 14.4 Å². The molecule has 88 valence electrons. The first-order valence-corrected chi connectivity index (χ1v) is 5.34. The minimum absolute atomic E-state index is 0.154. The fourth-order valence-electron chi connectivity index (χ4n) is 1.35. The lowest BCUT2D eigenvalue weighted by Gasteiger charge is -2.04. The summed E-state index contributed by atoms with van der Waals surface area (Å²) in [6.45, 7) is -0.347. The Morgan fingerprint density at radius 1 is 1.18 bits per heavy atom. The standard InChI is InChI=1S/C11H10ClFN4/c12-9-6-15-10(1-7(9)3-14)8-4-16-11(2-13)17-5-8/h1,4-6H,2-3,14H2. The summed E-state index contributed by atoms with van der Waals surface area (Å²) in [6.07, 6.45) is 4.58. The van der Waals surface area contributed by atoms with Gasteiger partial charge in [0.05, 0.1) is 10.7 Å². The lowest BCUT2D eigenvalue weighted by atomic mass is 10.1. The largest absolute Gasteiger partial charge is 0.326 e. The summed E-state index contributed by atoms with van der Waals surface area (Å²) in [5.74, 6) is 0.154. The zero-order valence-corrected chi connectivity index (χ0v) is 9.65. The average molecular weight is 253 g/mol. The lowest BCUT2D eigenvalue weighted by molar-refractivity contribution is 0.465. The Balaban J connectivity index is 2.38. The highest BCUT2D eigenvalue weighted by Gasteiger charge is 2.05. The molecular weight excluding hydrogens is 243 g/mol. The molecule has 0 amide bonds. The molecule has 0 radical (unpaired) electrons. The van der Waals surface area contributed by atoms with Gasteiger partial charge in [0, 0.05) is 30.7 Å². The molecule has 0 aliphatic heterocycles. The van der Waals surface area contributed by atoms with Crippen LogP contribution >= 0.6 is 11.6 Å². The van der Waals surface area contributed by atoms with Gasteiger partial charge >= 0.3 is 0 Å². The minimum atomic E-state index is -0.678. The summed E-state index contributed by atoms with van der Waals surface area (Å²) in [6, 6.07) is 1.77. The number of rotatable bonds is 3. The highest BCUT2D eigenvalue weighted by atomic mass is 35.5. The van der Waals surface area contributed by atoms with Crippen molar-refractivity contribution in [1.82, 2.24) is 15.0 Å². The zero-order valence-electron chi connectivity index (χ0n) is 8.90. The van der Waals surface area contributed by atoms with E-state index in [0.717, 1.165) is 5.56 Å². The molecule has 0 saturated heterocycles. The second-order valence-corrected chi connectivity index (χ2v) is 3.79. The first-order chi connectivity index (χ1) is 8.24. The van der Waals surface area contributed by atoms with Crippen LogP contribution in [0.2, 0.25) is 5.02 Å². The van der Waals surface area contributed by atoms with E-state index in [1.54, 1.807) is 6.07 Å². The van der Waals surface area contributed by atoms with Gasteiger partial charge in [0.25, 0.3) is 0 Å². The second-order valence-electron chi connectivity index (χ2n) is 3.39. The van der Waals surface area contributed by atoms with Crippen LogP contribution in [-0.4, -0.2) is 15.0 Å². The monoisotopic (exact) mass is 252 g/mol. The summed E-state index contributed by atoms with van der Waals surface area (Å²) in [4.78, 5) is 11.9. The molecule has 0 fully saturated rings. The molecule has 0 aliphatic carbocycles. The van der Waals surface area contributed by atoms with Gasteiger partial charge in [0.2, 0.25) is 0 Å². The summed E-state index contributed by atoms with van der Waals surface area (Å²) in [5.41, 5.74) is 7.72. The fourth-order valence-corrected chi connectivity index (χ4v) is 1.53. The Kier molecular flexibility index (Phi) is 3.61. The number of aromatic nitrogens is 3. The molecule has 6 heteroatoms. The van der Waals surface area contributed by atoms with Gasteiger partial charge in [-0.1, -0.05) is 11.6 Å². The van der Waals surface area contributed by atoms with E-state index in [9.17, 15) is 4.39 Å². The van der Waals surface area contributed by atoms with Crippen LogP contribution in [0.25, 0.3) is 11.3 Å². The molecule has 4 nitrogen and oxygen atoms in total. The molecule has 0 saturated carbocycles. The maximum Gasteiger partial charge on any atom is 0.159 e. The topological polar surface area (TPSA) is 64.7 Å². The molecule has 0 aromatic carbocycles. The quantitative estimate of drug-likeness (QED) is 0.909. The van der Waals surface area contributed by atoms with E-state index in [1.165, 1.54) is 18.6 Å². The van der Waals surface area contributed by atoms with Crippen molar-refractivity contribution < 1.29 is 4.39 Å². The lowest BCUT2D eigenvalue weighted by Crippen LogP contribution is -1.99. The summed E-state index contributed by atoms with van der Waals surface area (Å²) < 4.78 is 12.3. The van der Waals surface area contributed by atoms with Crippen molar-refractivity contribution in [3.63, 3.8) is 0 Å². The normalized spacial score (nSPS) is 10.5. The van der Waals surface area contributed by atoms with Gasteiger partial charge in [-0.05, 0) is 11.6 Å². The van der Waals surface area contributed by atoms with Gasteiger partial charge in [-0.2, -0.15) is 0 Å². The smallest absolute Gasteiger partial charge is 0.159 e. The number of alkyl halides is 1. The van der Waals surface area contributed by atoms with Gasteiger partial charge in [-0.15, -0.1) is 0 Å². The Hall–Kier alpha value is -1.59. The van der Waals surface area contributed by atoms with E-state index >= 15 is 0 Å². The fraction of sp³-hybridized carbons (Fsp3) is 0.182. The molecule has 2 aromatic rings. The molecule has 2 N–H and O–H groups in total. The maximum absolute atomic E-state index is 12.3. The number of hydrogen-bond donors (Lipinski definition) is 1. The van der Waals surface area contributed by atoms with E-state index in [2.05, 4.69) is 15.0 Å². The third-order valence-corrected chi connectivity index (χ3v) is 2.62. The Bertz CT molecular complexity index is 515. The van der Waals surface area contributed by atoms with Crippen LogP contribution < -0.4 is 5.73 Å². The summed E-state index contributed by atoms with van der Waals surface area (Å²) in [5, 5.41) is 0.526. The van der Waals surface area contributed by atoms with Crippen LogP contribution in [-0.2, 0) is 13.2 Å². The van der Waals surface area contributed by atoms with Crippen molar-refractivity contribution in [3.05, 3.63) is 41.1 Å². The molecule has 0 unspecified atom stereocenters. The van der Waals surface area contributed by atoms with Gasteiger partial charge in [0.1, 0.15) is 6.67 Å². The number of halogens is 2. The molecule has 17 heavy (non-hydrogen) atoms. The van der Waals surface area contributed by atoms with E-state index in [1.807, 2.05) is 0 Å². The van der Waals surface area contributed by atoms with Gasteiger partial charge in [-0.3, -0.25) is 4.98 Å². The SMILES string of the molecule is NCc1cc(-c2cnc(CF)nc2)ncc1Cl. The first kappa shape index (κ1) is 11.9. The molecule has 2 rings (SSSR count). The highest BCUT2D eigenvalue weighted by molar-refractivity contribution is 6.31. The maximum atomic E-state index is 12.3. The van der Waals surface area contributed by atoms with E-state index in [-0.39, 0.29) is 5.82 Å². The minimum Gasteiger partial charge on any atom is -0.326 e. The van der Waals surface area contributed by atoms with E-state index < -0.39 is 6.67 Å². The van der Waals surface area contributed by atoms with Crippen molar-refractivity contribution in [1.29, 1.82) is 0 Å². The van der Waals surface area contributed by atoms with Crippen LogP contribution in [0.4, 0.5) is 4.39 Å². The molecular formula is C11H10ClFN4. The summed E-state index contributed by atoms with van der Waals surface area (Å²) in [7, 11) is 0. The Morgan fingerprint density at radius 2 is 1.88 bits per heavy atom. The van der Waals surface area contributed by atoms with Crippen molar-refractivity contribution in [2.24, 2.45) is 5.73 Å². The van der Waals surface area contributed by atoms with Crippen LogP contribution in [0.15, 0.2) is 24.7 Å². The molecule has 0 bridgehead atoms. The average Bonchev–Trinajstić information content (AvgIpc) is 2.39. The van der Waals surface area contributed by atoms with E-state index in [0.29, 0.717) is 22.8 Å². The van der Waals surface area contributed by atoms with Crippen molar-refractivity contribution in [3.8, 4) is 11.3 Å². The van der Waals surface area contributed by atoms with Gasteiger partial charge < -0.3 is 5.73 Å². The summed E-state index contributed by atoms with van der Waals surface area (Å²) >= 11 is 5.91. The zero-order chi connectivity index (χ0) is 12.3. The number of pyridine rings is 1. The van der Waals surface area contributed by atoms with Crippen molar-refractivity contribution in [2.45, 2.75) is 13.2 Å². The van der Waals surface area contributed by atoms with Crippen molar-refractivity contribution >= 4 is 11.6 Å². The Labute approximate surface area is 103 Å². The molecule has 2 heterocycles. The van der Waals surface area contributed by atoms with Crippen molar-refractivity contribution in [2.75, 3.05) is 0 Å².